The summed E-state index contributed by atoms with van der Waals surface area (Å²) in [5, 5.41) is 3.37. The Morgan fingerprint density at radius 3 is 2.48 bits per heavy atom. The molecule has 170 valence electrons. The number of para-hydroxylation sites is 1. The van der Waals surface area contributed by atoms with Crippen LogP contribution in [0.1, 0.15) is 6.92 Å². The lowest BCUT2D eigenvalue weighted by Crippen LogP contribution is -2.48. The van der Waals surface area contributed by atoms with Crippen LogP contribution in [0.15, 0.2) is 53.8 Å². The van der Waals surface area contributed by atoms with Crippen molar-refractivity contribution in [3.63, 3.8) is 0 Å². The number of aliphatic imine (C=N–C) groups is 1. The lowest BCUT2D eigenvalue weighted by Gasteiger charge is -2.34. The lowest BCUT2D eigenvalue weighted by molar-refractivity contribution is 0.262. The zero-order chi connectivity index (χ0) is 21.0. The SMILES string of the molecule is CCNC(=NCCN1CCN(c2ncccn2)CC1)N(C)CCOc1ccccc1.I. The molecule has 1 aromatic carbocycles. The third kappa shape index (κ3) is 8.48. The number of piperazine rings is 1. The monoisotopic (exact) mass is 539 g/mol. The van der Waals surface area contributed by atoms with Crippen LogP contribution in [-0.2, 0) is 0 Å². The van der Waals surface area contributed by atoms with Crippen molar-refractivity contribution in [2.75, 3.05) is 70.9 Å². The minimum absolute atomic E-state index is 0. The molecule has 0 unspecified atom stereocenters. The van der Waals surface area contributed by atoms with Gasteiger partial charge < -0.3 is 19.9 Å². The maximum Gasteiger partial charge on any atom is 0.225 e. The van der Waals surface area contributed by atoms with Gasteiger partial charge >= 0.3 is 0 Å². The minimum Gasteiger partial charge on any atom is -0.492 e. The highest BCUT2D eigenvalue weighted by Crippen LogP contribution is 2.09. The fourth-order valence-corrected chi connectivity index (χ4v) is 3.32. The molecule has 1 aromatic heterocycles. The smallest absolute Gasteiger partial charge is 0.225 e. The Labute approximate surface area is 202 Å². The highest BCUT2D eigenvalue weighted by molar-refractivity contribution is 14.0. The summed E-state index contributed by atoms with van der Waals surface area (Å²) < 4.78 is 5.80. The van der Waals surface area contributed by atoms with Gasteiger partial charge in [-0.25, -0.2) is 9.97 Å². The van der Waals surface area contributed by atoms with E-state index in [0.717, 1.165) is 70.0 Å². The molecule has 1 N–H and O–H groups in total. The van der Waals surface area contributed by atoms with Gasteiger partial charge in [-0.15, -0.1) is 24.0 Å². The minimum atomic E-state index is 0. The highest BCUT2D eigenvalue weighted by Gasteiger charge is 2.18. The number of hydrogen-bond donors (Lipinski definition) is 1. The van der Waals surface area contributed by atoms with Gasteiger partial charge in [-0.1, -0.05) is 18.2 Å². The van der Waals surface area contributed by atoms with Crippen molar-refractivity contribution in [1.29, 1.82) is 0 Å². The lowest BCUT2D eigenvalue weighted by atomic mass is 10.3. The van der Waals surface area contributed by atoms with Gasteiger partial charge in [0.2, 0.25) is 5.95 Å². The van der Waals surface area contributed by atoms with Gasteiger partial charge in [0.1, 0.15) is 12.4 Å². The predicted molar refractivity (Wildman–Crippen MR) is 137 cm³/mol. The number of nitrogens with zero attached hydrogens (tertiary/aromatic N) is 6. The first-order chi connectivity index (χ1) is 14.8. The van der Waals surface area contributed by atoms with Crippen molar-refractivity contribution in [3.8, 4) is 5.75 Å². The maximum absolute atomic E-state index is 5.80. The molecule has 0 spiro atoms. The summed E-state index contributed by atoms with van der Waals surface area (Å²) in [6.45, 7) is 9.96. The molecule has 0 amide bonds. The molecule has 2 heterocycles. The third-order valence-corrected chi connectivity index (χ3v) is 5.02. The molecule has 0 atom stereocenters. The number of hydrogen-bond acceptors (Lipinski definition) is 6. The maximum atomic E-state index is 5.80. The van der Waals surface area contributed by atoms with Gasteiger partial charge in [0.25, 0.3) is 0 Å². The number of ether oxygens (including phenoxy) is 1. The fourth-order valence-electron chi connectivity index (χ4n) is 3.32. The molecule has 3 rings (SSSR count). The van der Waals surface area contributed by atoms with Crippen LogP contribution in [0.4, 0.5) is 5.95 Å². The number of rotatable bonds is 9. The van der Waals surface area contributed by atoms with Crippen molar-refractivity contribution in [2.24, 2.45) is 4.99 Å². The Morgan fingerprint density at radius 2 is 1.81 bits per heavy atom. The number of anilines is 1. The second-order valence-electron chi connectivity index (χ2n) is 7.20. The van der Waals surface area contributed by atoms with Gasteiger partial charge in [-0.2, -0.15) is 0 Å². The van der Waals surface area contributed by atoms with E-state index < -0.39 is 0 Å². The predicted octanol–water partition coefficient (Wildman–Crippen LogP) is 2.19. The summed E-state index contributed by atoms with van der Waals surface area (Å²) in [7, 11) is 2.05. The number of benzene rings is 1. The van der Waals surface area contributed by atoms with Crippen molar-refractivity contribution in [2.45, 2.75) is 6.92 Å². The van der Waals surface area contributed by atoms with Crippen molar-refractivity contribution in [3.05, 3.63) is 48.8 Å². The van der Waals surface area contributed by atoms with Gasteiger partial charge in [-0.05, 0) is 25.1 Å². The Kier molecular flexibility index (Phi) is 11.4. The van der Waals surface area contributed by atoms with E-state index >= 15 is 0 Å². The third-order valence-electron chi connectivity index (χ3n) is 5.02. The zero-order valence-electron chi connectivity index (χ0n) is 18.5. The Morgan fingerprint density at radius 1 is 1.10 bits per heavy atom. The van der Waals surface area contributed by atoms with Gasteiger partial charge in [0.15, 0.2) is 5.96 Å². The number of halogens is 1. The molecule has 9 heteroatoms. The van der Waals surface area contributed by atoms with Crippen molar-refractivity contribution < 1.29 is 4.74 Å². The van der Waals surface area contributed by atoms with E-state index in [4.69, 9.17) is 9.73 Å². The summed E-state index contributed by atoms with van der Waals surface area (Å²) in [4.78, 5) is 20.3. The van der Waals surface area contributed by atoms with Crippen LogP contribution in [0.2, 0.25) is 0 Å². The summed E-state index contributed by atoms with van der Waals surface area (Å²) in [6, 6.07) is 11.8. The molecule has 8 nitrogen and oxygen atoms in total. The average molecular weight is 539 g/mol. The fraction of sp³-hybridized carbons (Fsp3) is 0.500. The van der Waals surface area contributed by atoms with E-state index in [0.29, 0.717) is 6.61 Å². The topological polar surface area (TPSA) is 69.1 Å². The second-order valence-corrected chi connectivity index (χ2v) is 7.20. The van der Waals surface area contributed by atoms with E-state index in [2.05, 4.69) is 44.0 Å². The number of nitrogens with one attached hydrogen (secondary N) is 1. The van der Waals surface area contributed by atoms with Crippen LogP contribution in [0.3, 0.4) is 0 Å². The van der Waals surface area contributed by atoms with Crippen molar-refractivity contribution in [1.82, 2.24) is 25.1 Å². The molecule has 1 fully saturated rings. The van der Waals surface area contributed by atoms with Gasteiger partial charge in [0, 0.05) is 58.7 Å². The molecule has 0 radical (unpaired) electrons. The van der Waals surface area contributed by atoms with E-state index in [1.165, 1.54) is 0 Å². The molecular formula is C22H34IN7O. The van der Waals surface area contributed by atoms with E-state index in [1.807, 2.05) is 36.4 Å². The summed E-state index contributed by atoms with van der Waals surface area (Å²) >= 11 is 0. The normalized spacial score (nSPS) is 14.6. The Balaban J connectivity index is 0.00000341. The molecule has 1 aliphatic heterocycles. The molecule has 0 bridgehead atoms. The molecule has 1 saturated heterocycles. The first kappa shape index (κ1) is 25.1. The van der Waals surface area contributed by atoms with Crippen LogP contribution in [0, 0.1) is 0 Å². The second kappa shape index (κ2) is 14.0. The summed E-state index contributed by atoms with van der Waals surface area (Å²) in [6.07, 6.45) is 3.60. The van der Waals surface area contributed by atoms with Crippen LogP contribution >= 0.6 is 24.0 Å². The Bertz CT molecular complexity index is 755. The summed E-state index contributed by atoms with van der Waals surface area (Å²) in [5.74, 6) is 2.64. The number of likely N-dealkylation sites (N-methyl/N-ethyl adjacent to an activating group) is 1. The largest absolute Gasteiger partial charge is 0.492 e. The van der Waals surface area contributed by atoms with Crippen molar-refractivity contribution >= 4 is 35.9 Å². The molecule has 1 aliphatic rings. The van der Waals surface area contributed by atoms with E-state index in [9.17, 15) is 0 Å². The number of aromatic nitrogens is 2. The molecule has 31 heavy (non-hydrogen) atoms. The average Bonchev–Trinajstić information content (AvgIpc) is 2.80. The summed E-state index contributed by atoms with van der Waals surface area (Å²) in [5.41, 5.74) is 0. The van der Waals surface area contributed by atoms with E-state index in [1.54, 1.807) is 12.4 Å². The van der Waals surface area contributed by atoms with Crippen LogP contribution in [-0.4, -0.2) is 91.7 Å². The van der Waals surface area contributed by atoms with Crippen LogP contribution in [0.25, 0.3) is 0 Å². The van der Waals surface area contributed by atoms with Gasteiger partial charge in [-0.3, -0.25) is 9.89 Å². The van der Waals surface area contributed by atoms with Crippen LogP contribution in [0.5, 0.6) is 5.75 Å². The van der Waals surface area contributed by atoms with Crippen LogP contribution < -0.4 is 15.0 Å². The quantitative estimate of drug-likeness (QED) is 0.298. The molecule has 0 saturated carbocycles. The molecule has 2 aromatic rings. The molecule has 0 aliphatic carbocycles. The van der Waals surface area contributed by atoms with E-state index in [-0.39, 0.29) is 24.0 Å². The Hall–Kier alpha value is -2.14. The molecular weight excluding hydrogens is 505 g/mol. The standard InChI is InChI=1S/C22H33N7O.HI/c1-3-23-21(27(2)18-19-30-20-8-5-4-6-9-20)26-12-13-28-14-16-29(17-15-28)22-24-10-7-11-25-22;/h4-11H,3,12-19H2,1-2H3,(H,23,26);1H. The zero-order valence-corrected chi connectivity index (χ0v) is 20.8. The number of guanidine groups is 1. The first-order valence-corrected chi connectivity index (χ1v) is 10.7. The highest BCUT2D eigenvalue weighted by atomic mass is 127. The first-order valence-electron chi connectivity index (χ1n) is 10.7. The van der Waals surface area contributed by atoms with Gasteiger partial charge in [0.05, 0.1) is 13.1 Å².